The maximum atomic E-state index is 11.8. The highest BCUT2D eigenvalue weighted by Crippen LogP contribution is 2.19. The first-order valence-electron chi connectivity index (χ1n) is 5.33. The lowest BCUT2D eigenvalue weighted by atomic mass is 10.2. The fourth-order valence-corrected chi connectivity index (χ4v) is 1.97. The van der Waals surface area contributed by atoms with Crippen LogP contribution in [0, 0.1) is 0 Å². The summed E-state index contributed by atoms with van der Waals surface area (Å²) in [5.74, 6) is 0. The number of allylic oxidation sites excluding steroid dienone is 2. The van der Waals surface area contributed by atoms with E-state index in [1.807, 2.05) is 12.2 Å². The van der Waals surface area contributed by atoms with Gasteiger partial charge in [-0.1, -0.05) is 6.08 Å². The molecule has 0 heterocycles. The molecule has 0 aromatic rings. The Labute approximate surface area is 92.3 Å². The molecule has 3 nitrogen and oxygen atoms in total. The average Bonchev–Trinajstić information content (AvgIpc) is 2.30. The predicted molar refractivity (Wildman–Crippen MR) is 63.7 cm³/mol. The Morgan fingerprint density at radius 1 is 1.27 bits per heavy atom. The molecule has 0 amide bonds. The van der Waals surface area contributed by atoms with Gasteiger partial charge in [-0.2, -0.15) is 4.40 Å². The summed E-state index contributed by atoms with van der Waals surface area (Å²) >= 11 is 0. The van der Waals surface area contributed by atoms with Crippen LogP contribution < -0.4 is 0 Å². The van der Waals surface area contributed by atoms with Gasteiger partial charge in [-0.3, -0.25) is 0 Å². The minimum atomic E-state index is -3.38. The zero-order valence-electron chi connectivity index (χ0n) is 9.66. The van der Waals surface area contributed by atoms with Gasteiger partial charge in [0, 0.05) is 0 Å². The van der Waals surface area contributed by atoms with Gasteiger partial charge in [0.05, 0.1) is 10.5 Å². The van der Waals surface area contributed by atoms with Crippen molar-refractivity contribution in [1.29, 1.82) is 0 Å². The largest absolute Gasteiger partial charge is 0.258 e. The highest BCUT2D eigenvalue weighted by molar-refractivity contribution is 7.91. The van der Waals surface area contributed by atoms with Gasteiger partial charge in [0.15, 0.2) is 0 Å². The summed E-state index contributed by atoms with van der Waals surface area (Å²) in [6.45, 7) is 5.02. The molecule has 0 aromatic carbocycles. The van der Waals surface area contributed by atoms with E-state index < -0.39 is 14.8 Å². The van der Waals surface area contributed by atoms with Crippen LogP contribution in [0.4, 0.5) is 0 Å². The summed E-state index contributed by atoms with van der Waals surface area (Å²) in [6.07, 6.45) is 7.78. The molecule has 1 aliphatic rings. The van der Waals surface area contributed by atoms with Crippen LogP contribution in [0.5, 0.6) is 0 Å². The van der Waals surface area contributed by atoms with Crippen LogP contribution in [-0.2, 0) is 10.0 Å². The summed E-state index contributed by atoms with van der Waals surface area (Å²) in [6, 6.07) is 0. The SMILES string of the molecule is CC(C)(C)S(=O)(=O)N=C1C=CCCCC1. The molecule has 0 unspecified atom stereocenters. The Balaban J connectivity index is 2.95. The third kappa shape index (κ3) is 3.45. The van der Waals surface area contributed by atoms with Gasteiger partial charge in [0.25, 0.3) is 10.0 Å². The zero-order chi connectivity index (χ0) is 11.5. The van der Waals surface area contributed by atoms with Crippen molar-refractivity contribution in [3.63, 3.8) is 0 Å². The molecule has 1 rings (SSSR count). The second kappa shape index (κ2) is 4.47. The maximum absolute atomic E-state index is 11.8. The second-order valence-electron chi connectivity index (χ2n) is 4.82. The normalized spacial score (nSPS) is 21.7. The molecule has 0 aliphatic heterocycles. The Morgan fingerprint density at radius 2 is 1.93 bits per heavy atom. The van der Waals surface area contributed by atoms with Gasteiger partial charge < -0.3 is 0 Å². The average molecular weight is 229 g/mol. The molecule has 0 N–H and O–H groups in total. The summed E-state index contributed by atoms with van der Waals surface area (Å²) in [5, 5.41) is 0. The van der Waals surface area contributed by atoms with Gasteiger partial charge in [-0.25, -0.2) is 8.42 Å². The molecule has 4 heteroatoms. The van der Waals surface area contributed by atoms with E-state index in [1.165, 1.54) is 0 Å². The summed E-state index contributed by atoms with van der Waals surface area (Å²) in [4.78, 5) is 0. The standard InChI is InChI=1S/C11H19NO2S/c1-11(2,3)15(13,14)12-10-8-6-4-5-7-9-10/h6,8H,4-5,7,9H2,1-3H3. The van der Waals surface area contributed by atoms with E-state index in [2.05, 4.69) is 4.40 Å². The Bertz CT molecular complexity index is 372. The molecule has 0 saturated heterocycles. The molecule has 0 fully saturated rings. The molecular weight excluding hydrogens is 210 g/mol. The van der Waals surface area contributed by atoms with Crippen molar-refractivity contribution in [3.8, 4) is 0 Å². The Hall–Kier alpha value is -0.640. The van der Waals surface area contributed by atoms with Crippen LogP contribution in [0.2, 0.25) is 0 Å². The number of hydrogen-bond acceptors (Lipinski definition) is 2. The molecular formula is C11H19NO2S. The van der Waals surface area contributed by atoms with Gasteiger partial charge in [-0.05, 0) is 52.5 Å². The van der Waals surface area contributed by atoms with Gasteiger partial charge in [-0.15, -0.1) is 0 Å². The highest BCUT2D eigenvalue weighted by atomic mass is 32.2. The molecule has 0 atom stereocenters. The monoisotopic (exact) mass is 229 g/mol. The van der Waals surface area contributed by atoms with Crippen LogP contribution >= 0.6 is 0 Å². The van der Waals surface area contributed by atoms with E-state index >= 15 is 0 Å². The van der Waals surface area contributed by atoms with E-state index in [1.54, 1.807) is 20.8 Å². The molecule has 1 aliphatic carbocycles. The first kappa shape index (κ1) is 12.4. The Kier molecular flexibility index (Phi) is 3.71. The van der Waals surface area contributed by atoms with Crippen molar-refractivity contribution in [2.75, 3.05) is 0 Å². The number of nitrogens with zero attached hydrogens (tertiary/aromatic N) is 1. The molecule has 0 saturated carbocycles. The van der Waals surface area contributed by atoms with E-state index in [9.17, 15) is 8.42 Å². The number of rotatable bonds is 1. The lowest BCUT2D eigenvalue weighted by molar-refractivity contribution is 0.562. The van der Waals surface area contributed by atoms with Crippen LogP contribution in [0.1, 0.15) is 46.5 Å². The summed E-state index contributed by atoms with van der Waals surface area (Å²) in [5.41, 5.74) is 0.697. The molecule has 0 aromatic heterocycles. The van der Waals surface area contributed by atoms with Gasteiger partial charge >= 0.3 is 0 Å². The predicted octanol–water partition coefficient (Wildman–Crippen LogP) is 2.69. The number of hydrogen-bond donors (Lipinski definition) is 0. The maximum Gasteiger partial charge on any atom is 0.258 e. The third-order valence-electron chi connectivity index (χ3n) is 2.38. The lowest BCUT2D eigenvalue weighted by Gasteiger charge is -2.15. The zero-order valence-corrected chi connectivity index (χ0v) is 10.5. The summed E-state index contributed by atoms with van der Waals surface area (Å²) in [7, 11) is -3.38. The van der Waals surface area contributed by atoms with Crippen LogP contribution in [0.3, 0.4) is 0 Å². The minimum absolute atomic E-state index is 0.697. The highest BCUT2D eigenvalue weighted by Gasteiger charge is 2.28. The minimum Gasteiger partial charge on any atom is -0.204 e. The Morgan fingerprint density at radius 3 is 2.53 bits per heavy atom. The van der Waals surface area contributed by atoms with Gasteiger partial charge in [0.2, 0.25) is 0 Å². The van der Waals surface area contributed by atoms with Crippen molar-refractivity contribution < 1.29 is 8.42 Å². The lowest BCUT2D eigenvalue weighted by Crippen LogP contribution is -2.26. The van der Waals surface area contributed by atoms with E-state index in [0.29, 0.717) is 5.71 Å². The third-order valence-corrected chi connectivity index (χ3v) is 4.40. The van der Waals surface area contributed by atoms with E-state index in [4.69, 9.17) is 0 Å². The second-order valence-corrected chi connectivity index (χ2v) is 7.18. The fraction of sp³-hybridized carbons (Fsp3) is 0.727. The smallest absolute Gasteiger partial charge is 0.204 e. The van der Waals surface area contributed by atoms with Crippen molar-refractivity contribution in [3.05, 3.63) is 12.2 Å². The van der Waals surface area contributed by atoms with Crippen molar-refractivity contribution in [2.24, 2.45) is 4.40 Å². The molecule has 15 heavy (non-hydrogen) atoms. The van der Waals surface area contributed by atoms with Crippen LogP contribution in [0.25, 0.3) is 0 Å². The van der Waals surface area contributed by atoms with Crippen LogP contribution in [0.15, 0.2) is 16.5 Å². The molecule has 0 bridgehead atoms. The first-order valence-corrected chi connectivity index (χ1v) is 6.77. The molecule has 0 radical (unpaired) electrons. The first-order chi connectivity index (χ1) is 6.83. The van der Waals surface area contributed by atoms with Crippen LogP contribution in [-0.4, -0.2) is 18.9 Å². The van der Waals surface area contributed by atoms with Crippen molar-refractivity contribution in [1.82, 2.24) is 0 Å². The number of sulfonamides is 1. The quantitative estimate of drug-likeness (QED) is 0.694. The molecule has 0 spiro atoms. The van der Waals surface area contributed by atoms with Crippen molar-refractivity contribution >= 4 is 15.7 Å². The fourth-order valence-electron chi connectivity index (χ4n) is 1.24. The molecule has 86 valence electrons. The summed E-state index contributed by atoms with van der Waals surface area (Å²) < 4.78 is 26.7. The van der Waals surface area contributed by atoms with E-state index in [-0.39, 0.29) is 0 Å². The van der Waals surface area contributed by atoms with E-state index in [0.717, 1.165) is 25.7 Å². The topological polar surface area (TPSA) is 46.5 Å². The van der Waals surface area contributed by atoms with Crippen molar-refractivity contribution in [2.45, 2.75) is 51.2 Å². The van der Waals surface area contributed by atoms with Gasteiger partial charge in [0.1, 0.15) is 0 Å².